The predicted molar refractivity (Wildman–Crippen MR) is 144 cm³/mol. The number of nitrogens with zero attached hydrogens (tertiary/aromatic N) is 2. The minimum atomic E-state index is -4.73. The average molecular weight is 594 g/mol. The number of hydrogen-bond acceptors (Lipinski definition) is 6. The van der Waals surface area contributed by atoms with Gasteiger partial charge in [0.2, 0.25) is 5.88 Å². The second-order valence-electron chi connectivity index (χ2n) is 9.17. The summed E-state index contributed by atoms with van der Waals surface area (Å²) in [6, 6.07) is 13.7. The third-order valence-corrected chi connectivity index (χ3v) is 6.60. The zero-order chi connectivity index (χ0) is 29.0. The lowest BCUT2D eigenvalue weighted by Gasteiger charge is -2.15. The minimum absolute atomic E-state index is 0.0709. The molecule has 0 spiro atoms. The molecule has 0 bridgehead atoms. The lowest BCUT2D eigenvalue weighted by atomic mass is 10.0. The first-order valence-corrected chi connectivity index (χ1v) is 12.9. The third-order valence-electron chi connectivity index (χ3n) is 5.97. The summed E-state index contributed by atoms with van der Waals surface area (Å²) >= 11 is 12.7. The Morgan fingerprint density at radius 1 is 1.05 bits per heavy atom. The topological polar surface area (TPSA) is 97.5 Å². The summed E-state index contributed by atoms with van der Waals surface area (Å²) in [4.78, 5) is 14.7. The highest BCUT2D eigenvalue weighted by Crippen LogP contribution is 2.39. The maximum absolute atomic E-state index is 13.9. The zero-order valence-electron chi connectivity index (χ0n) is 21.4. The first-order valence-electron chi connectivity index (χ1n) is 12.1. The van der Waals surface area contributed by atoms with Gasteiger partial charge in [-0.25, -0.2) is 9.78 Å². The van der Waals surface area contributed by atoms with Crippen molar-refractivity contribution in [3.05, 3.63) is 98.4 Å². The van der Waals surface area contributed by atoms with Crippen molar-refractivity contribution in [1.82, 2.24) is 15.5 Å². The molecule has 4 rings (SSSR count). The van der Waals surface area contributed by atoms with E-state index in [0.717, 1.165) is 5.56 Å². The van der Waals surface area contributed by atoms with Gasteiger partial charge in [0.1, 0.15) is 18.1 Å². The van der Waals surface area contributed by atoms with E-state index in [1.54, 1.807) is 30.3 Å². The van der Waals surface area contributed by atoms with Gasteiger partial charge in [0.05, 0.1) is 21.2 Å². The molecule has 2 aromatic heterocycles. The van der Waals surface area contributed by atoms with Gasteiger partial charge in [-0.15, -0.1) is 0 Å². The van der Waals surface area contributed by atoms with Gasteiger partial charge in [-0.3, -0.25) is 0 Å². The van der Waals surface area contributed by atoms with E-state index >= 15 is 0 Å². The molecule has 4 aromatic rings. The largest absolute Gasteiger partial charge is 0.478 e. The molecule has 0 radical (unpaired) electrons. The van der Waals surface area contributed by atoms with Crippen molar-refractivity contribution >= 4 is 29.2 Å². The molecule has 0 unspecified atom stereocenters. The van der Waals surface area contributed by atoms with E-state index in [-0.39, 0.29) is 42.6 Å². The Labute approximate surface area is 237 Å². The van der Waals surface area contributed by atoms with Crippen LogP contribution in [0.15, 0.2) is 59.1 Å². The van der Waals surface area contributed by atoms with Crippen LogP contribution in [-0.2, 0) is 25.9 Å². The molecule has 2 N–H and O–H groups in total. The van der Waals surface area contributed by atoms with Gasteiger partial charge in [0, 0.05) is 30.6 Å². The van der Waals surface area contributed by atoms with Crippen molar-refractivity contribution in [2.45, 2.75) is 45.6 Å². The number of rotatable bonds is 10. The number of benzene rings is 2. The Morgan fingerprint density at radius 3 is 2.33 bits per heavy atom. The highest BCUT2D eigenvalue weighted by atomic mass is 35.5. The standard InChI is InChI=1S/C28H24Cl2F3N3O4/c1-15(2)25-19(24(36-40-25)23-20(29)4-3-5-21(23)30)14-39-22-11-10-18(26(35-22)28(31,32)33)13-34-12-16-6-8-17(9-7-16)27(37)38/h3-11,15,34H,12-14H2,1-2H3,(H,37,38). The Balaban J connectivity index is 1.53. The molecule has 210 valence electrons. The van der Waals surface area contributed by atoms with Gasteiger partial charge in [0.25, 0.3) is 0 Å². The van der Waals surface area contributed by atoms with Crippen molar-refractivity contribution in [3.63, 3.8) is 0 Å². The van der Waals surface area contributed by atoms with Gasteiger partial charge in [-0.05, 0) is 35.4 Å². The quantitative estimate of drug-likeness (QED) is 0.194. The van der Waals surface area contributed by atoms with Gasteiger partial charge in [-0.2, -0.15) is 13.2 Å². The summed E-state index contributed by atoms with van der Waals surface area (Å²) < 4.78 is 52.9. The maximum atomic E-state index is 13.9. The molecule has 2 aromatic carbocycles. The maximum Gasteiger partial charge on any atom is 0.433 e. The van der Waals surface area contributed by atoms with Crippen LogP contribution in [0.2, 0.25) is 10.0 Å². The summed E-state index contributed by atoms with van der Waals surface area (Å²) in [5.74, 6) is -0.906. The first kappa shape index (κ1) is 29.4. The van der Waals surface area contributed by atoms with Crippen molar-refractivity contribution in [2.75, 3.05) is 0 Å². The highest BCUT2D eigenvalue weighted by Gasteiger charge is 2.36. The number of carboxylic acids is 1. The molecule has 0 aliphatic heterocycles. The SMILES string of the molecule is CC(C)c1onc(-c2c(Cl)cccc2Cl)c1COc1ccc(CNCc2ccc(C(=O)O)cc2)c(C(F)(F)F)n1. The molecule has 40 heavy (non-hydrogen) atoms. The van der Waals surface area contributed by atoms with Gasteiger partial charge < -0.3 is 19.7 Å². The van der Waals surface area contributed by atoms with Crippen LogP contribution in [0, 0.1) is 0 Å². The molecule has 0 amide bonds. The van der Waals surface area contributed by atoms with Crippen LogP contribution in [0.5, 0.6) is 5.88 Å². The van der Waals surface area contributed by atoms with Crippen molar-refractivity contribution < 1.29 is 32.3 Å². The van der Waals surface area contributed by atoms with Crippen LogP contribution < -0.4 is 10.1 Å². The molecule has 2 heterocycles. The molecule has 0 atom stereocenters. The lowest BCUT2D eigenvalue weighted by molar-refractivity contribution is -0.142. The van der Waals surface area contributed by atoms with Crippen molar-refractivity contribution in [1.29, 1.82) is 0 Å². The van der Waals surface area contributed by atoms with Crippen LogP contribution in [0.3, 0.4) is 0 Å². The number of aromatic carboxylic acids is 1. The smallest absolute Gasteiger partial charge is 0.433 e. The highest BCUT2D eigenvalue weighted by molar-refractivity contribution is 6.39. The van der Waals surface area contributed by atoms with Gasteiger partial charge in [-0.1, -0.05) is 66.5 Å². The zero-order valence-corrected chi connectivity index (χ0v) is 22.9. The van der Waals surface area contributed by atoms with Crippen LogP contribution >= 0.6 is 23.2 Å². The Morgan fingerprint density at radius 2 is 1.73 bits per heavy atom. The van der Waals surface area contributed by atoms with E-state index < -0.39 is 17.8 Å². The van der Waals surface area contributed by atoms with Gasteiger partial charge >= 0.3 is 12.1 Å². The van der Waals surface area contributed by atoms with E-state index in [1.807, 2.05) is 13.8 Å². The van der Waals surface area contributed by atoms with Crippen LogP contribution in [0.25, 0.3) is 11.3 Å². The van der Waals surface area contributed by atoms with Crippen molar-refractivity contribution in [3.8, 4) is 17.1 Å². The number of alkyl halides is 3. The molecule has 0 aliphatic carbocycles. The fourth-order valence-electron chi connectivity index (χ4n) is 4.03. The van der Waals surface area contributed by atoms with Crippen LogP contribution in [0.1, 0.15) is 58.3 Å². The Bertz CT molecular complexity index is 1490. The molecule has 0 saturated carbocycles. The average Bonchev–Trinajstić information content (AvgIpc) is 3.31. The molecule has 0 aliphatic rings. The second-order valence-corrected chi connectivity index (χ2v) is 9.99. The van der Waals surface area contributed by atoms with E-state index in [0.29, 0.717) is 32.6 Å². The molecular formula is C28H24Cl2F3N3O4. The predicted octanol–water partition coefficient (Wildman–Crippen LogP) is 7.75. The monoisotopic (exact) mass is 593 g/mol. The molecule has 0 saturated heterocycles. The van der Waals surface area contributed by atoms with E-state index in [2.05, 4.69) is 15.5 Å². The molecule has 7 nitrogen and oxygen atoms in total. The van der Waals surface area contributed by atoms with Crippen LogP contribution in [0.4, 0.5) is 13.2 Å². The molecule has 12 heteroatoms. The molecular weight excluding hydrogens is 570 g/mol. The number of hydrogen-bond donors (Lipinski definition) is 2. The third kappa shape index (κ3) is 6.75. The normalized spacial score (nSPS) is 11.7. The van der Waals surface area contributed by atoms with E-state index in [1.165, 1.54) is 24.3 Å². The number of carbonyl (C=O) groups is 1. The van der Waals surface area contributed by atoms with E-state index in [4.69, 9.17) is 37.6 Å². The number of halogens is 5. The summed E-state index contributed by atoms with van der Waals surface area (Å²) in [7, 11) is 0. The van der Waals surface area contributed by atoms with E-state index in [9.17, 15) is 18.0 Å². The lowest BCUT2D eigenvalue weighted by Crippen LogP contribution is -2.19. The Hall–Kier alpha value is -3.60. The summed E-state index contributed by atoms with van der Waals surface area (Å²) in [6.45, 7) is 3.69. The Kier molecular flexibility index (Phi) is 9.02. The first-order chi connectivity index (χ1) is 19.0. The number of nitrogens with one attached hydrogen (secondary N) is 1. The van der Waals surface area contributed by atoms with Gasteiger partial charge in [0.15, 0.2) is 5.69 Å². The second kappa shape index (κ2) is 12.3. The fraction of sp³-hybridized carbons (Fsp3) is 0.250. The summed E-state index contributed by atoms with van der Waals surface area (Å²) in [5, 5.41) is 16.7. The molecule has 0 fully saturated rings. The number of carboxylic acid groups (broad SMARTS) is 1. The summed E-state index contributed by atoms with van der Waals surface area (Å²) in [6.07, 6.45) is -4.73. The minimum Gasteiger partial charge on any atom is -0.478 e. The fourth-order valence-corrected chi connectivity index (χ4v) is 4.60. The number of aromatic nitrogens is 2. The summed E-state index contributed by atoms with van der Waals surface area (Å²) in [5.41, 5.74) is 0.962. The number of pyridine rings is 1. The van der Waals surface area contributed by atoms with Crippen molar-refractivity contribution in [2.24, 2.45) is 0 Å². The van der Waals surface area contributed by atoms with Crippen LogP contribution in [-0.4, -0.2) is 21.2 Å². The number of ether oxygens (including phenoxy) is 1.